The van der Waals surface area contributed by atoms with Crippen LogP contribution in [-0.2, 0) is 9.59 Å². The lowest BCUT2D eigenvalue weighted by molar-refractivity contribution is -0.135. The minimum Gasteiger partial charge on any atom is -0.396 e. The fraction of sp³-hybridized carbons (Fsp3) is 0.667. The van der Waals surface area contributed by atoms with E-state index in [1.54, 1.807) is 0 Å². The first-order chi connectivity index (χ1) is 7.24. The van der Waals surface area contributed by atoms with Gasteiger partial charge in [-0.25, -0.2) is 0 Å². The molecular formula is C9H15N3O3. The van der Waals surface area contributed by atoms with Crippen LogP contribution < -0.4 is 10.6 Å². The minimum atomic E-state index is -0.658. The van der Waals surface area contributed by atoms with Crippen LogP contribution in [0.5, 0.6) is 0 Å². The molecule has 0 saturated carbocycles. The van der Waals surface area contributed by atoms with Gasteiger partial charge in [0.2, 0.25) is 5.96 Å². The van der Waals surface area contributed by atoms with Gasteiger partial charge in [0, 0.05) is 13.2 Å². The number of aliphatic hydroxyl groups excluding tert-OH is 1. The number of guanidine groups is 1. The number of aliphatic hydroxyl groups is 1. The van der Waals surface area contributed by atoms with Crippen LogP contribution in [-0.4, -0.2) is 36.0 Å². The molecule has 1 fully saturated rings. The van der Waals surface area contributed by atoms with E-state index < -0.39 is 11.8 Å². The van der Waals surface area contributed by atoms with E-state index in [-0.39, 0.29) is 12.6 Å². The molecule has 0 unspecified atom stereocenters. The normalized spacial score (nSPS) is 15.1. The Morgan fingerprint density at radius 2 is 1.60 bits per heavy atom. The number of aliphatic imine (C=N–C) groups is 1. The van der Waals surface area contributed by atoms with Crippen LogP contribution >= 0.6 is 0 Å². The fourth-order valence-electron chi connectivity index (χ4n) is 1.21. The molecule has 1 saturated heterocycles. The number of hydrogen-bond donors (Lipinski definition) is 3. The summed E-state index contributed by atoms with van der Waals surface area (Å²) in [6.07, 6.45) is 3.65. The molecule has 0 spiro atoms. The number of unbranched alkanes of at least 4 members (excludes halogenated alkanes) is 3. The fourth-order valence-corrected chi connectivity index (χ4v) is 1.21. The third-order valence-corrected chi connectivity index (χ3v) is 2.01. The molecule has 6 heteroatoms. The highest BCUT2D eigenvalue weighted by Gasteiger charge is 2.24. The lowest BCUT2D eigenvalue weighted by Crippen LogP contribution is -2.25. The Balaban J connectivity index is 2.11. The molecule has 84 valence electrons. The summed E-state index contributed by atoms with van der Waals surface area (Å²) in [7, 11) is 0. The van der Waals surface area contributed by atoms with Crippen molar-refractivity contribution in [3.63, 3.8) is 0 Å². The Bertz CT molecular complexity index is 258. The van der Waals surface area contributed by atoms with Gasteiger partial charge >= 0.3 is 11.8 Å². The maximum atomic E-state index is 10.7. The monoisotopic (exact) mass is 213 g/mol. The second kappa shape index (κ2) is 6.13. The Labute approximate surface area is 87.8 Å². The number of nitrogens with one attached hydrogen (secondary N) is 2. The minimum absolute atomic E-state index is 0.223. The van der Waals surface area contributed by atoms with Gasteiger partial charge in [-0.2, -0.15) is 0 Å². The van der Waals surface area contributed by atoms with E-state index in [4.69, 9.17) is 5.11 Å². The van der Waals surface area contributed by atoms with Crippen LogP contribution in [0.15, 0.2) is 4.99 Å². The summed E-state index contributed by atoms with van der Waals surface area (Å²) < 4.78 is 0. The van der Waals surface area contributed by atoms with Crippen molar-refractivity contribution in [2.75, 3.05) is 13.2 Å². The van der Waals surface area contributed by atoms with Crippen LogP contribution in [0.2, 0.25) is 0 Å². The number of rotatable bonds is 6. The number of amides is 2. The SMILES string of the molecule is O=C1NC(=NCCCCCCO)NC1=O. The highest BCUT2D eigenvalue weighted by molar-refractivity contribution is 6.45. The van der Waals surface area contributed by atoms with Crippen LogP contribution in [0, 0.1) is 0 Å². The summed E-state index contributed by atoms with van der Waals surface area (Å²) in [5, 5.41) is 13.2. The molecule has 0 bridgehead atoms. The number of nitrogens with zero attached hydrogens (tertiary/aromatic N) is 1. The molecule has 1 rings (SSSR count). The highest BCUT2D eigenvalue weighted by Crippen LogP contribution is 1.99. The molecule has 2 amide bonds. The first-order valence-corrected chi connectivity index (χ1v) is 5.01. The zero-order valence-corrected chi connectivity index (χ0v) is 8.45. The van der Waals surface area contributed by atoms with Crippen molar-refractivity contribution in [1.29, 1.82) is 0 Å². The van der Waals surface area contributed by atoms with Gasteiger partial charge in [-0.1, -0.05) is 12.8 Å². The van der Waals surface area contributed by atoms with Crippen molar-refractivity contribution in [1.82, 2.24) is 10.6 Å². The number of hydrogen-bond acceptors (Lipinski definition) is 4. The van der Waals surface area contributed by atoms with Gasteiger partial charge in [-0.15, -0.1) is 0 Å². The Morgan fingerprint density at radius 1 is 1.00 bits per heavy atom. The molecule has 15 heavy (non-hydrogen) atoms. The molecule has 0 radical (unpaired) electrons. The molecule has 0 aromatic heterocycles. The maximum Gasteiger partial charge on any atom is 0.316 e. The Kier molecular flexibility index (Phi) is 4.76. The molecule has 1 heterocycles. The van der Waals surface area contributed by atoms with Gasteiger partial charge in [0.15, 0.2) is 0 Å². The van der Waals surface area contributed by atoms with E-state index in [2.05, 4.69) is 15.6 Å². The van der Waals surface area contributed by atoms with E-state index in [0.717, 1.165) is 25.7 Å². The molecule has 1 aliphatic heterocycles. The van der Waals surface area contributed by atoms with Gasteiger partial charge < -0.3 is 5.11 Å². The number of carbonyl (C=O) groups is 2. The van der Waals surface area contributed by atoms with Gasteiger partial charge in [0.05, 0.1) is 0 Å². The predicted molar refractivity (Wildman–Crippen MR) is 54.1 cm³/mol. The van der Waals surface area contributed by atoms with Crippen molar-refractivity contribution >= 4 is 17.8 Å². The molecule has 1 aliphatic rings. The van der Waals surface area contributed by atoms with E-state index >= 15 is 0 Å². The molecule has 3 N–H and O–H groups in total. The largest absolute Gasteiger partial charge is 0.396 e. The average Bonchev–Trinajstić information content (AvgIpc) is 2.52. The van der Waals surface area contributed by atoms with Crippen LogP contribution in [0.25, 0.3) is 0 Å². The standard InChI is InChI=1S/C9H15N3O3/c13-6-4-2-1-3-5-10-9-11-7(14)8(15)12-9/h13H,1-6H2,(H2,10,11,12,14,15). The van der Waals surface area contributed by atoms with Crippen molar-refractivity contribution in [3.05, 3.63) is 0 Å². The van der Waals surface area contributed by atoms with Crippen molar-refractivity contribution in [3.8, 4) is 0 Å². The summed E-state index contributed by atoms with van der Waals surface area (Å²) in [5.74, 6) is -1.07. The van der Waals surface area contributed by atoms with E-state index in [9.17, 15) is 9.59 Å². The van der Waals surface area contributed by atoms with Crippen LogP contribution in [0.4, 0.5) is 0 Å². The quantitative estimate of drug-likeness (QED) is 0.396. The van der Waals surface area contributed by atoms with Crippen molar-refractivity contribution in [2.45, 2.75) is 25.7 Å². The van der Waals surface area contributed by atoms with Crippen molar-refractivity contribution < 1.29 is 14.7 Å². The van der Waals surface area contributed by atoms with Crippen LogP contribution in [0.3, 0.4) is 0 Å². The summed E-state index contributed by atoms with van der Waals surface area (Å²) >= 11 is 0. The van der Waals surface area contributed by atoms with Gasteiger partial charge in [-0.3, -0.25) is 25.2 Å². The van der Waals surface area contributed by atoms with E-state index in [1.807, 2.05) is 0 Å². The lowest BCUT2D eigenvalue weighted by Gasteiger charge is -1.98. The highest BCUT2D eigenvalue weighted by atomic mass is 16.3. The zero-order chi connectivity index (χ0) is 11.1. The van der Waals surface area contributed by atoms with Crippen LogP contribution in [0.1, 0.15) is 25.7 Å². The summed E-state index contributed by atoms with van der Waals surface area (Å²) in [6, 6.07) is 0. The maximum absolute atomic E-state index is 10.7. The number of carbonyl (C=O) groups excluding carboxylic acids is 2. The zero-order valence-electron chi connectivity index (χ0n) is 8.45. The predicted octanol–water partition coefficient (Wildman–Crippen LogP) is -0.859. The second-order valence-corrected chi connectivity index (χ2v) is 3.28. The molecule has 0 aromatic carbocycles. The van der Waals surface area contributed by atoms with Gasteiger partial charge in [0.1, 0.15) is 0 Å². The smallest absolute Gasteiger partial charge is 0.316 e. The molecular weight excluding hydrogens is 198 g/mol. The second-order valence-electron chi connectivity index (χ2n) is 3.28. The van der Waals surface area contributed by atoms with Gasteiger partial charge in [0.25, 0.3) is 0 Å². The lowest BCUT2D eigenvalue weighted by atomic mass is 10.2. The summed E-state index contributed by atoms with van der Waals surface area (Å²) in [6.45, 7) is 0.794. The van der Waals surface area contributed by atoms with E-state index in [0.29, 0.717) is 6.54 Å². The molecule has 0 aliphatic carbocycles. The summed E-state index contributed by atoms with van der Waals surface area (Å²) in [4.78, 5) is 25.5. The first-order valence-electron chi connectivity index (χ1n) is 5.01. The Hall–Kier alpha value is -1.43. The van der Waals surface area contributed by atoms with Gasteiger partial charge in [-0.05, 0) is 12.8 Å². The summed E-state index contributed by atoms with van der Waals surface area (Å²) in [5.41, 5.74) is 0. The first kappa shape index (κ1) is 11.6. The topological polar surface area (TPSA) is 90.8 Å². The Morgan fingerprint density at radius 3 is 2.20 bits per heavy atom. The van der Waals surface area contributed by atoms with E-state index in [1.165, 1.54) is 0 Å². The third-order valence-electron chi connectivity index (χ3n) is 2.01. The third kappa shape index (κ3) is 4.07. The van der Waals surface area contributed by atoms with Crippen molar-refractivity contribution in [2.24, 2.45) is 4.99 Å². The molecule has 0 atom stereocenters. The molecule has 0 aromatic rings. The average molecular weight is 213 g/mol. The molecule has 6 nitrogen and oxygen atoms in total.